The molecule has 4 aromatic rings. The first kappa shape index (κ1) is 27.6. The number of carbonyl (C=O) groups is 2. The molecule has 1 aromatic heterocycles. The summed E-state index contributed by atoms with van der Waals surface area (Å²) in [6.07, 6.45) is 9.79. The fourth-order valence-corrected chi connectivity index (χ4v) is 7.61. The van der Waals surface area contributed by atoms with Crippen LogP contribution in [-0.2, 0) is 16.1 Å². The molecule has 3 aromatic carbocycles. The standard InChI is InChI=1S/C37H37FN2O3/c1-43-37(42)28-13-16-32-33(22-28)40-23-29(36(41)39-19-17-25(18-20-39)24-11-14-30(38)15-12-24)21-27-9-5-6-10-31(27)35(40)34(32)26-7-3-2-4-8-26/h5-6,9-16,21-22,25-26H,2-4,7-8,17-20,23H2,1H3. The summed E-state index contributed by atoms with van der Waals surface area (Å²) in [7, 11) is 1.41. The Balaban J connectivity index is 1.29. The van der Waals surface area contributed by atoms with Crippen molar-refractivity contribution in [2.45, 2.75) is 63.3 Å². The molecule has 43 heavy (non-hydrogen) atoms. The highest BCUT2D eigenvalue weighted by Gasteiger charge is 2.32. The third kappa shape index (κ3) is 5.07. The summed E-state index contributed by atoms with van der Waals surface area (Å²) in [6.45, 7) is 1.77. The third-order valence-corrected chi connectivity index (χ3v) is 9.81. The second-order valence-electron chi connectivity index (χ2n) is 12.3. The molecule has 0 N–H and O–H groups in total. The van der Waals surface area contributed by atoms with Crippen molar-refractivity contribution in [3.63, 3.8) is 0 Å². The van der Waals surface area contributed by atoms with Crippen molar-refractivity contribution >= 4 is 28.9 Å². The van der Waals surface area contributed by atoms with E-state index in [1.807, 2.05) is 35.2 Å². The highest BCUT2D eigenvalue weighted by atomic mass is 19.1. The van der Waals surface area contributed by atoms with Gasteiger partial charge in [0.05, 0.1) is 24.9 Å². The van der Waals surface area contributed by atoms with Crippen LogP contribution in [0.3, 0.4) is 0 Å². The van der Waals surface area contributed by atoms with Crippen LogP contribution < -0.4 is 0 Å². The van der Waals surface area contributed by atoms with Gasteiger partial charge in [0.25, 0.3) is 5.91 Å². The Labute approximate surface area is 252 Å². The van der Waals surface area contributed by atoms with Crippen LogP contribution in [0.2, 0.25) is 0 Å². The van der Waals surface area contributed by atoms with Gasteiger partial charge in [-0.15, -0.1) is 0 Å². The molecule has 220 valence electrons. The van der Waals surface area contributed by atoms with Gasteiger partial charge in [0.15, 0.2) is 0 Å². The van der Waals surface area contributed by atoms with Gasteiger partial charge in [-0.1, -0.05) is 61.7 Å². The molecule has 1 saturated carbocycles. The Morgan fingerprint density at radius 2 is 1.60 bits per heavy atom. The average molecular weight is 577 g/mol. The Morgan fingerprint density at radius 3 is 2.35 bits per heavy atom. The number of esters is 1. The summed E-state index contributed by atoms with van der Waals surface area (Å²) < 4.78 is 20.8. The molecular weight excluding hydrogens is 539 g/mol. The lowest BCUT2D eigenvalue weighted by molar-refractivity contribution is -0.128. The van der Waals surface area contributed by atoms with Crippen LogP contribution in [0, 0.1) is 5.82 Å². The average Bonchev–Trinajstić information content (AvgIpc) is 3.27. The third-order valence-electron chi connectivity index (χ3n) is 9.81. The number of piperidine rings is 1. The van der Waals surface area contributed by atoms with E-state index >= 15 is 0 Å². The number of likely N-dealkylation sites (tertiary alicyclic amines) is 1. The van der Waals surface area contributed by atoms with Gasteiger partial charge in [-0.25, -0.2) is 9.18 Å². The first-order chi connectivity index (χ1) is 21.0. The highest BCUT2D eigenvalue weighted by molar-refractivity contribution is 6.03. The van der Waals surface area contributed by atoms with Crippen LogP contribution in [0.5, 0.6) is 0 Å². The number of aromatic nitrogens is 1. The Kier molecular flexibility index (Phi) is 7.38. The molecule has 6 heteroatoms. The molecule has 0 bridgehead atoms. The zero-order chi connectivity index (χ0) is 29.5. The fourth-order valence-electron chi connectivity index (χ4n) is 7.61. The van der Waals surface area contributed by atoms with E-state index in [0.717, 1.165) is 58.8 Å². The normalized spacial score (nSPS) is 17.6. The van der Waals surface area contributed by atoms with Crippen molar-refractivity contribution in [3.8, 4) is 11.3 Å². The maximum absolute atomic E-state index is 14.2. The summed E-state index contributed by atoms with van der Waals surface area (Å²) in [5.74, 6) is 0.238. The van der Waals surface area contributed by atoms with Crippen molar-refractivity contribution in [1.82, 2.24) is 9.47 Å². The van der Waals surface area contributed by atoms with Crippen LogP contribution in [0.25, 0.3) is 28.2 Å². The van der Waals surface area contributed by atoms with Crippen molar-refractivity contribution < 1.29 is 18.7 Å². The number of hydrogen-bond donors (Lipinski definition) is 0. The van der Waals surface area contributed by atoms with E-state index < -0.39 is 0 Å². The molecular formula is C37H37FN2O3. The van der Waals surface area contributed by atoms with Crippen LogP contribution in [0.15, 0.2) is 72.3 Å². The van der Waals surface area contributed by atoms with Gasteiger partial charge >= 0.3 is 5.97 Å². The van der Waals surface area contributed by atoms with Gasteiger partial charge in [-0.05, 0) is 84.6 Å². The zero-order valence-electron chi connectivity index (χ0n) is 24.7. The summed E-state index contributed by atoms with van der Waals surface area (Å²) in [5.41, 5.74) is 8.09. The minimum atomic E-state index is -0.360. The second kappa shape index (κ2) is 11.5. The van der Waals surface area contributed by atoms with Crippen LogP contribution in [-0.4, -0.2) is 41.5 Å². The van der Waals surface area contributed by atoms with Gasteiger partial charge < -0.3 is 14.2 Å². The first-order valence-corrected chi connectivity index (χ1v) is 15.6. The van der Waals surface area contributed by atoms with Gasteiger partial charge in [-0.2, -0.15) is 0 Å². The molecule has 0 unspecified atom stereocenters. The molecule has 2 aliphatic heterocycles. The monoisotopic (exact) mass is 576 g/mol. The van der Waals surface area contributed by atoms with Gasteiger partial charge in [0, 0.05) is 35.1 Å². The molecule has 0 radical (unpaired) electrons. The number of fused-ring (bicyclic) bond motifs is 5. The van der Waals surface area contributed by atoms with Crippen LogP contribution in [0.4, 0.5) is 4.39 Å². The lowest BCUT2D eigenvalue weighted by Crippen LogP contribution is -2.39. The highest BCUT2D eigenvalue weighted by Crippen LogP contribution is 2.46. The fraction of sp³-hybridized carbons (Fsp3) is 0.351. The number of methoxy groups -OCH3 is 1. The lowest BCUT2D eigenvalue weighted by Gasteiger charge is -2.33. The van der Waals surface area contributed by atoms with E-state index in [1.165, 1.54) is 49.8 Å². The molecule has 0 spiro atoms. The van der Waals surface area contributed by atoms with Gasteiger partial charge in [0.2, 0.25) is 0 Å². The molecule has 1 amide bonds. The van der Waals surface area contributed by atoms with Gasteiger partial charge in [0.1, 0.15) is 5.82 Å². The number of hydrogen-bond acceptors (Lipinski definition) is 3. The number of amides is 1. The molecule has 3 aliphatic rings. The van der Waals surface area contributed by atoms with Crippen LogP contribution >= 0.6 is 0 Å². The molecule has 7 rings (SSSR count). The maximum atomic E-state index is 14.2. The molecule has 2 fully saturated rings. The number of rotatable bonds is 4. The minimum absolute atomic E-state index is 0.0606. The quantitative estimate of drug-likeness (QED) is 0.231. The van der Waals surface area contributed by atoms with E-state index in [0.29, 0.717) is 37.0 Å². The zero-order valence-corrected chi connectivity index (χ0v) is 24.7. The summed E-state index contributed by atoms with van der Waals surface area (Å²) >= 11 is 0. The second-order valence-corrected chi connectivity index (χ2v) is 12.3. The molecule has 5 nitrogen and oxygen atoms in total. The van der Waals surface area contributed by atoms with Crippen molar-refractivity contribution in [2.24, 2.45) is 0 Å². The predicted molar refractivity (Wildman–Crippen MR) is 167 cm³/mol. The molecule has 0 atom stereocenters. The van der Waals surface area contributed by atoms with E-state index in [1.54, 1.807) is 0 Å². The molecule has 3 heterocycles. The lowest BCUT2D eigenvalue weighted by atomic mass is 9.81. The maximum Gasteiger partial charge on any atom is 0.337 e. The minimum Gasteiger partial charge on any atom is -0.465 e. The number of nitrogens with zero attached hydrogens (tertiary/aromatic N) is 2. The SMILES string of the molecule is COC(=O)c1ccc2c(C3CCCCC3)c3n(c2c1)CC(C(=O)N1CCC(c2ccc(F)cc2)CC1)=Cc1ccccc1-3. The Bertz CT molecular complexity index is 1720. The van der Waals surface area contributed by atoms with E-state index in [-0.39, 0.29) is 17.7 Å². The number of ether oxygens (including phenoxy) is 1. The molecule has 1 saturated heterocycles. The van der Waals surface area contributed by atoms with E-state index in [4.69, 9.17) is 4.74 Å². The van der Waals surface area contributed by atoms with E-state index in [9.17, 15) is 14.0 Å². The summed E-state index contributed by atoms with van der Waals surface area (Å²) in [4.78, 5) is 28.8. The van der Waals surface area contributed by atoms with E-state index in [2.05, 4.69) is 34.9 Å². The molecule has 1 aliphatic carbocycles. The Morgan fingerprint density at radius 1 is 0.860 bits per heavy atom. The number of halogens is 1. The summed E-state index contributed by atoms with van der Waals surface area (Å²) in [5, 5.41) is 1.16. The Hall–Kier alpha value is -4.19. The largest absolute Gasteiger partial charge is 0.465 e. The summed E-state index contributed by atoms with van der Waals surface area (Å²) in [6, 6.07) is 21.1. The number of benzene rings is 3. The first-order valence-electron chi connectivity index (χ1n) is 15.6. The van der Waals surface area contributed by atoms with Crippen molar-refractivity contribution in [3.05, 3.63) is 100 Å². The van der Waals surface area contributed by atoms with Crippen molar-refractivity contribution in [2.75, 3.05) is 20.2 Å². The smallest absolute Gasteiger partial charge is 0.337 e. The van der Waals surface area contributed by atoms with Crippen LogP contribution in [0.1, 0.15) is 83.8 Å². The topological polar surface area (TPSA) is 51.5 Å². The van der Waals surface area contributed by atoms with Gasteiger partial charge in [-0.3, -0.25) is 4.79 Å². The van der Waals surface area contributed by atoms with Crippen molar-refractivity contribution in [1.29, 1.82) is 0 Å². The number of carbonyl (C=O) groups excluding carboxylic acids is 2. The predicted octanol–water partition coefficient (Wildman–Crippen LogP) is 8.08.